The Labute approximate surface area is 187 Å². The van der Waals surface area contributed by atoms with Crippen LogP contribution in [0, 0.1) is 0 Å². The van der Waals surface area contributed by atoms with E-state index in [4.69, 9.17) is 0 Å². The lowest BCUT2D eigenvalue weighted by atomic mass is 10.1. The fourth-order valence-corrected chi connectivity index (χ4v) is 3.92. The van der Waals surface area contributed by atoms with Gasteiger partial charge in [-0.1, -0.05) is 53.4 Å². The van der Waals surface area contributed by atoms with Crippen molar-refractivity contribution in [1.82, 2.24) is 0 Å². The SMILES string of the molecule is CCCC[N+](CCCC)(CCCC)CCCC.O=S(=O)([O-])c1ccc(C(F)(F)F)cc1. The van der Waals surface area contributed by atoms with Crippen LogP contribution in [0.3, 0.4) is 0 Å². The van der Waals surface area contributed by atoms with Crippen molar-refractivity contribution in [3.05, 3.63) is 29.8 Å². The Morgan fingerprint density at radius 3 is 1.29 bits per heavy atom. The highest BCUT2D eigenvalue weighted by atomic mass is 32.2. The van der Waals surface area contributed by atoms with E-state index in [2.05, 4.69) is 27.7 Å². The molecule has 0 heterocycles. The molecule has 8 heteroatoms. The molecule has 0 radical (unpaired) electrons. The van der Waals surface area contributed by atoms with Gasteiger partial charge in [-0.05, 0) is 49.9 Å². The molecule has 4 nitrogen and oxygen atoms in total. The second-order valence-corrected chi connectivity index (χ2v) is 9.51. The zero-order valence-corrected chi connectivity index (χ0v) is 20.3. The second-order valence-electron chi connectivity index (χ2n) is 8.13. The number of unbranched alkanes of at least 4 members (excludes halogenated alkanes) is 4. The fraction of sp³-hybridized carbons (Fsp3) is 0.739. The van der Waals surface area contributed by atoms with E-state index in [1.165, 1.54) is 82.0 Å². The van der Waals surface area contributed by atoms with E-state index in [1.807, 2.05) is 0 Å². The Morgan fingerprint density at radius 2 is 1.06 bits per heavy atom. The highest BCUT2D eigenvalue weighted by Crippen LogP contribution is 2.29. The Balaban J connectivity index is 0.000000590. The minimum Gasteiger partial charge on any atom is -0.744 e. The van der Waals surface area contributed by atoms with Gasteiger partial charge in [0.25, 0.3) is 0 Å². The van der Waals surface area contributed by atoms with Crippen LogP contribution in [0.5, 0.6) is 0 Å². The Bertz CT molecular complexity index is 652. The molecule has 0 saturated heterocycles. The van der Waals surface area contributed by atoms with E-state index in [-0.39, 0.29) is 0 Å². The van der Waals surface area contributed by atoms with Crippen molar-refractivity contribution in [2.75, 3.05) is 26.2 Å². The maximum atomic E-state index is 12.0. The minimum absolute atomic E-state index is 0.546. The lowest BCUT2D eigenvalue weighted by molar-refractivity contribution is -0.929. The van der Waals surface area contributed by atoms with Crippen molar-refractivity contribution in [3.8, 4) is 0 Å². The second kappa shape index (κ2) is 14.9. The van der Waals surface area contributed by atoms with Gasteiger partial charge in [-0.25, -0.2) is 8.42 Å². The molecule has 0 amide bonds. The van der Waals surface area contributed by atoms with Gasteiger partial charge in [0.15, 0.2) is 0 Å². The Kier molecular flexibility index (Phi) is 14.3. The van der Waals surface area contributed by atoms with Gasteiger partial charge < -0.3 is 9.04 Å². The molecule has 0 aromatic heterocycles. The molecule has 0 bridgehead atoms. The van der Waals surface area contributed by atoms with Gasteiger partial charge in [-0.15, -0.1) is 0 Å². The molecule has 0 aliphatic heterocycles. The van der Waals surface area contributed by atoms with Crippen molar-refractivity contribution < 1.29 is 30.6 Å². The molecule has 0 fully saturated rings. The van der Waals surface area contributed by atoms with E-state index >= 15 is 0 Å². The summed E-state index contributed by atoms with van der Waals surface area (Å²) in [6.07, 6.45) is 6.53. The van der Waals surface area contributed by atoms with Gasteiger partial charge in [0.05, 0.1) is 36.6 Å². The van der Waals surface area contributed by atoms with Gasteiger partial charge in [0, 0.05) is 0 Å². The first kappa shape index (κ1) is 29.9. The van der Waals surface area contributed by atoms with E-state index < -0.39 is 26.8 Å². The van der Waals surface area contributed by atoms with Crippen molar-refractivity contribution in [3.63, 3.8) is 0 Å². The molecule has 0 aliphatic rings. The Hall–Kier alpha value is -1.12. The summed E-state index contributed by atoms with van der Waals surface area (Å²) in [7, 11) is -4.68. The van der Waals surface area contributed by atoms with Crippen LogP contribution < -0.4 is 0 Å². The summed E-state index contributed by atoms with van der Waals surface area (Å²) in [4.78, 5) is -0.675. The maximum Gasteiger partial charge on any atom is 0.416 e. The molecule has 182 valence electrons. The van der Waals surface area contributed by atoms with Crippen LogP contribution in [0.2, 0.25) is 0 Å². The molecule has 0 unspecified atom stereocenters. The van der Waals surface area contributed by atoms with Gasteiger partial charge >= 0.3 is 6.18 Å². The van der Waals surface area contributed by atoms with Crippen LogP contribution in [0.25, 0.3) is 0 Å². The van der Waals surface area contributed by atoms with E-state index in [0.717, 1.165) is 0 Å². The first-order valence-corrected chi connectivity index (χ1v) is 12.8. The van der Waals surface area contributed by atoms with Crippen molar-refractivity contribution >= 4 is 10.1 Å². The molecule has 1 rings (SSSR count). The fourth-order valence-electron chi connectivity index (χ4n) is 3.46. The molecule has 0 aliphatic carbocycles. The van der Waals surface area contributed by atoms with Crippen LogP contribution >= 0.6 is 0 Å². The summed E-state index contributed by atoms with van der Waals surface area (Å²) >= 11 is 0. The van der Waals surface area contributed by atoms with Crippen LogP contribution in [0.4, 0.5) is 13.2 Å². The Morgan fingerprint density at radius 1 is 0.742 bits per heavy atom. The van der Waals surface area contributed by atoms with Crippen LogP contribution in [0.15, 0.2) is 29.2 Å². The normalized spacial score (nSPS) is 12.4. The molecule has 31 heavy (non-hydrogen) atoms. The van der Waals surface area contributed by atoms with Gasteiger partial charge in [0.1, 0.15) is 10.1 Å². The van der Waals surface area contributed by atoms with Crippen molar-refractivity contribution in [1.29, 1.82) is 0 Å². The predicted octanol–water partition coefficient (Wildman–Crippen LogP) is 6.61. The third-order valence-corrected chi connectivity index (χ3v) is 6.26. The zero-order chi connectivity index (χ0) is 24.0. The zero-order valence-electron chi connectivity index (χ0n) is 19.5. The van der Waals surface area contributed by atoms with Crippen LogP contribution in [-0.2, 0) is 16.3 Å². The standard InChI is InChI=1S/C16H36N.C7H5F3O3S/c1-5-9-13-17(14-10-6-2,15-11-7-3)16-12-8-4;8-7(9,10)5-1-3-6(4-2-5)14(11,12)13/h5-16H2,1-4H3;1-4H,(H,11,12,13)/q+1;/p-1. The molecule has 0 spiro atoms. The summed E-state index contributed by atoms with van der Waals surface area (Å²) in [6.45, 7) is 15.0. The number of nitrogens with zero attached hydrogens (tertiary/aromatic N) is 1. The van der Waals surface area contributed by atoms with Crippen molar-refractivity contribution in [2.45, 2.75) is 90.1 Å². The molecular formula is C23H40F3NO3S. The molecule has 0 N–H and O–H groups in total. The molecule has 0 atom stereocenters. The summed E-state index contributed by atoms with van der Waals surface area (Å²) in [6, 6.07) is 2.35. The average molecular weight is 468 g/mol. The third-order valence-electron chi connectivity index (χ3n) is 5.41. The maximum absolute atomic E-state index is 12.0. The highest BCUT2D eigenvalue weighted by Gasteiger charge is 2.30. The summed E-state index contributed by atoms with van der Waals surface area (Å²) in [5.74, 6) is 0. The number of hydrogen-bond acceptors (Lipinski definition) is 3. The first-order valence-electron chi connectivity index (χ1n) is 11.4. The monoisotopic (exact) mass is 467 g/mol. The number of hydrogen-bond donors (Lipinski definition) is 0. The van der Waals surface area contributed by atoms with Crippen LogP contribution in [0.1, 0.15) is 84.6 Å². The number of rotatable bonds is 13. The third kappa shape index (κ3) is 12.5. The lowest BCUT2D eigenvalue weighted by Crippen LogP contribution is -2.50. The quantitative estimate of drug-likeness (QED) is 0.242. The summed E-state index contributed by atoms with van der Waals surface area (Å²) < 4.78 is 68.5. The van der Waals surface area contributed by atoms with Gasteiger partial charge in [0.2, 0.25) is 0 Å². The number of halogens is 3. The summed E-state index contributed by atoms with van der Waals surface area (Å²) in [5, 5.41) is 0. The first-order chi connectivity index (χ1) is 14.5. The van der Waals surface area contributed by atoms with E-state index in [9.17, 15) is 26.1 Å². The number of alkyl halides is 3. The lowest BCUT2D eigenvalue weighted by Gasteiger charge is -2.39. The van der Waals surface area contributed by atoms with Gasteiger partial charge in [-0.3, -0.25) is 0 Å². The summed E-state index contributed by atoms with van der Waals surface area (Å²) in [5.41, 5.74) is -0.995. The van der Waals surface area contributed by atoms with Gasteiger partial charge in [-0.2, -0.15) is 13.2 Å². The predicted molar refractivity (Wildman–Crippen MR) is 119 cm³/mol. The average Bonchev–Trinajstić information content (AvgIpc) is 2.72. The smallest absolute Gasteiger partial charge is 0.416 e. The van der Waals surface area contributed by atoms with E-state index in [0.29, 0.717) is 24.3 Å². The molecule has 1 aromatic rings. The van der Waals surface area contributed by atoms with Crippen LogP contribution in [-0.4, -0.2) is 43.6 Å². The molecule has 1 aromatic carbocycles. The highest BCUT2D eigenvalue weighted by molar-refractivity contribution is 7.85. The molecule has 0 saturated carbocycles. The topological polar surface area (TPSA) is 57.2 Å². The van der Waals surface area contributed by atoms with E-state index in [1.54, 1.807) is 0 Å². The van der Waals surface area contributed by atoms with Crippen molar-refractivity contribution in [2.24, 2.45) is 0 Å². The minimum atomic E-state index is -4.68. The largest absolute Gasteiger partial charge is 0.744 e. The number of quaternary nitrogens is 1. The number of benzene rings is 1. The molecular weight excluding hydrogens is 427 g/mol.